The summed E-state index contributed by atoms with van der Waals surface area (Å²) in [6.07, 6.45) is 1.74. The minimum Gasteiger partial charge on any atom is -0.473 e. The lowest BCUT2D eigenvalue weighted by Crippen LogP contribution is -2.19. The van der Waals surface area contributed by atoms with Gasteiger partial charge >= 0.3 is 0 Å². The number of rotatable bonds is 7. The topological polar surface area (TPSA) is 47.0 Å². The van der Waals surface area contributed by atoms with Crippen LogP contribution < -0.4 is 10.1 Å². The lowest BCUT2D eigenvalue weighted by atomic mass is 10.1. The second kappa shape index (κ2) is 7.76. The summed E-state index contributed by atoms with van der Waals surface area (Å²) in [6.45, 7) is 11.1. The summed E-state index contributed by atoms with van der Waals surface area (Å²) in [4.78, 5) is 9.24. The minimum atomic E-state index is 0.172. The number of ether oxygens (including phenoxy) is 1. The molecule has 25 heavy (non-hydrogen) atoms. The van der Waals surface area contributed by atoms with Gasteiger partial charge in [0.15, 0.2) is 0 Å². The zero-order chi connectivity index (χ0) is 17.8. The van der Waals surface area contributed by atoms with Gasteiger partial charge in [-0.3, -0.25) is 0 Å². The van der Waals surface area contributed by atoms with E-state index in [0.717, 1.165) is 27.2 Å². The fourth-order valence-electron chi connectivity index (χ4n) is 2.66. The Hall–Kier alpha value is -2.24. The highest BCUT2D eigenvalue weighted by Crippen LogP contribution is 2.24. The molecule has 1 N–H and O–H groups in total. The van der Waals surface area contributed by atoms with Gasteiger partial charge in [-0.25, -0.2) is 9.97 Å². The van der Waals surface area contributed by atoms with Crippen LogP contribution in [0.2, 0.25) is 0 Å². The van der Waals surface area contributed by atoms with Gasteiger partial charge in [0, 0.05) is 28.9 Å². The van der Waals surface area contributed by atoms with Crippen molar-refractivity contribution < 1.29 is 4.74 Å². The van der Waals surface area contributed by atoms with E-state index in [1.807, 2.05) is 13.0 Å². The summed E-state index contributed by atoms with van der Waals surface area (Å²) < 4.78 is 5.78. The number of thiazole rings is 1. The van der Waals surface area contributed by atoms with E-state index in [1.165, 1.54) is 5.56 Å². The predicted molar refractivity (Wildman–Crippen MR) is 104 cm³/mol. The number of nitrogens with zero attached hydrogens (tertiary/aromatic N) is 2. The molecule has 0 radical (unpaired) electrons. The molecule has 1 aromatic carbocycles. The third kappa shape index (κ3) is 4.24. The normalized spacial score (nSPS) is 12.3. The number of nitrogens with one attached hydrogen (secondary N) is 1. The largest absolute Gasteiger partial charge is 0.473 e. The molecule has 0 saturated heterocycles. The first kappa shape index (κ1) is 17.6. The van der Waals surface area contributed by atoms with Crippen molar-refractivity contribution in [3.63, 3.8) is 0 Å². The first-order chi connectivity index (χ1) is 12.1. The highest BCUT2D eigenvalue weighted by molar-refractivity contribution is 7.09. The van der Waals surface area contributed by atoms with Crippen LogP contribution in [0.3, 0.4) is 0 Å². The van der Waals surface area contributed by atoms with Crippen LogP contribution in [0.5, 0.6) is 5.88 Å². The Morgan fingerprint density at radius 1 is 1.28 bits per heavy atom. The number of aromatic nitrogens is 2. The second-order valence-corrected chi connectivity index (χ2v) is 7.20. The highest BCUT2D eigenvalue weighted by Gasteiger charge is 2.12. The SMILES string of the molecule is C=CCOc1nc2ccc(C)cc2cc1CN[C@@H](C)c1csc(C)n1. The molecule has 0 fully saturated rings. The molecule has 2 aromatic heterocycles. The number of aryl methyl sites for hydroxylation is 2. The number of pyridine rings is 1. The van der Waals surface area contributed by atoms with Gasteiger partial charge < -0.3 is 10.1 Å². The van der Waals surface area contributed by atoms with E-state index in [2.05, 4.69) is 59.3 Å². The van der Waals surface area contributed by atoms with E-state index >= 15 is 0 Å². The van der Waals surface area contributed by atoms with Gasteiger partial charge in [0.1, 0.15) is 6.61 Å². The van der Waals surface area contributed by atoms with Gasteiger partial charge in [-0.2, -0.15) is 0 Å². The van der Waals surface area contributed by atoms with E-state index in [0.29, 0.717) is 19.0 Å². The predicted octanol–water partition coefficient (Wildman–Crippen LogP) is 4.72. The number of hydrogen-bond acceptors (Lipinski definition) is 5. The van der Waals surface area contributed by atoms with Crippen LogP contribution in [0.1, 0.15) is 34.8 Å². The molecule has 4 nitrogen and oxygen atoms in total. The quantitative estimate of drug-likeness (QED) is 0.624. The molecule has 3 rings (SSSR count). The average molecular weight is 353 g/mol. The molecule has 0 spiro atoms. The lowest BCUT2D eigenvalue weighted by molar-refractivity contribution is 0.343. The standard InChI is InChI=1S/C20H23N3OS/c1-5-8-24-20-17(10-16-9-13(2)6-7-18(16)23-20)11-21-14(3)19-12-25-15(4)22-19/h5-7,9-10,12,14,21H,1,8,11H2,2-4H3/t14-/m0/s1. The van der Waals surface area contributed by atoms with E-state index in [1.54, 1.807) is 17.4 Å². The molecule has 130 valence electrons. The Labute approximate surface area is 152 Å². The molecule has 0 aliphatic carbocycles. The highest BCUT2D eigenvalue weighted by atomic mass is 32.1. The number of benzene rings is 1. The van der Waals surface area contributed by atoms with Crippen molar-refractivity contribution in [2.75, 3.05) is 6.61 Å². The molecule has 5 heteroatoms. The van der Waals surface area contributed by atoms with Crippen LogP contribution in [0, 0.1) is 13.8 Å². The fraction of sp³-hybridized carbons (Fsp3) is 0.300. The summed E-state index contributed by atoms with van der Waals surface area (Å²) >= 11 is 1.67. The third-order valence-corrected chi connectivity index (χ3v) is 4.82. The Morgan fingerprint density at radius 3 is 2.84 bits per heavy atom. The molecule has 3 aromatic rings. The van der Waals surface area contributed by atoms with Gasteiger partial charge in [-0.1, -0.05) is 24.3 Å². The second-order valence-electron chi connectivity index (χ2n) is 6.14. The van der Waals surface area contributed by atoms with E-state index in [9.17, 15) is 0 Å². The summed E-state index contributed by atoms with van der Waals surface area (Å²) in [6, 6.07) is 8.57. The van der Waals surface area contributed by atoms with Crippen molar-refractivity contribution in [2.45, 2.75) is 33.4 Å². The van der Waals surface area contributed by atoms with Crippen molar-refractivity contribution in [2.24, 2.45) is 0 Å². The molecular weight excluding hydrogens is 330 g/mol. The Morgan fingerprint density at radius 2 is 2.12 bits per heavy atom. The van der Waals surface area contributed by atoms with Crippen LogP contribution in [0.4, 0.5) is 0 Å². The van der Waals surface area contributed by atoms with Crippen molar-refractivity contribution >= 4 is 22.2 Å². The smallest absolute Gasteiger partial charge is 0.218 e. The maximum Gasteiger partial charge on any atom is 0.218 e. The van der Waals surface area contributed by atoms with Crippen molar-refractivity contribution in [3.8, 4) is 5.88 Å². The number of fused-ring (bicyclic) bond motifs is 1. The van der Waals surface area contributed by atoms with Crippen LogP contribution in [0.25, 0.3) is 10.9 Å². The van der Waals surface area contributed by atoms with Crippen molar-refractivity contribution in [1.82, 2.24) is 15.3 Å². The molecule has 0 aliphatic rings. The zero-order valence-corrected chi connectivity index (χ0v) is 15.7. The lowest BCUT2D eigenvalue weighted by Gasteiger charge is -2.15. The molecule has 0 unspecified atom stereocenters. The van der Waals surface area contributed by atoms with E-state index in [4.69, 9.17) is 4.74 Å². The third-order valence-electron chi connectivity index (χ3n) is 4.03. The molecule has 0 amide bonds. The monoisotopic (exact) mass is 353 g/mol. The average Bonchev–Trinajstić information content (AvgIpc) is 3.04. The molecule has 2 heterocycles. The van der Waals surface area contributed by atoms with Crippen LogP contribution in [-0.4, -0.2) is 16.6 Å². The molecule has 0 saturated carbocycles. The summed E-state index contributed by atoms with van der Waals surface area (Å²) in [7, 11) is 0. The van der Waals surface area contributed by atoms with Gasteiger partial charge in [0.05, 0.1) is 16.2 Å². The first-order valence-corrected chi connectivity index (χ1v) is 9.24. The Kier molecular flexibility index (Phi) is 5.46. The zero-order valence-electron chi connectivity index (χ0n) is 14.9. The van der Waals surface area contributed by atoms with Crippen molar-refractivity contribution in [1.29, 1.82) is 0 Å². The maximum atomic E-state index is 5.78. The van der Waals surface area contributed by atoms with Crippen LogP contribution >= 0.6 is 11.3 Å². The van der Waals surface area contributed by atoms with E-state index in [-0.39, 0.29) is 6.04 Å². The molecule has 0 bridgehead atoms. The molecule has 0 aliphatic heterocycles. The maximum absolute atomic E-state index is 5.78. The minimum absolute atomic E-state index is 0.172. The van der Waals surface area contributed by atoms with E-state index < -0.39 is 0 Å². The molecule has 1 atom stereocenters. The Bertz CT molecular complexity index is 888. The molecular formula is C20H23N3OS. The Balaban J connectivity index is 1.85. The van der Waals surface area contributed by atoms with Crippen molar-refractivity contribution in [3.05, 3.63) is 64.1 Å². The fourth-order valence-corrected chi connectivity index (χ4v) is 3.36. The first-order valence-electron chi connectivity index (χ1n) is 8.36. The number of hydrogen-bond donors (Lipinski definition) is 1. The van der Waals surface area contributed by atoms with Gasteiger partial charge in [0.2, 0.25) is 5.88 Å². The van der Waals surface area contributed by atoms with Gasteiger partial charge in [-0.15, -0.1) is 11.3 Å². The summed E-state index contributed by atoms with van der Waals surface area (Å²) in [5.41, 5.74) is 4.27. The van der Waals surface area contributed by atoms with Gasteiger partial charge in [0.25, 0.3) is 0 Å². The van der Waals surface area contributed by atoms with Gasteiger partial charge in [-0.05, 0) is 39.0 Å². The summed E-state index contributed by atoms with van der Waals surface area (Å²) in [5.74, 6) is 0.658. The van der Waals surface area contributed by atoms with Crippen LogP contribution in [0.15, 0.2) is 42.3 Å². The summed E-state index contributed by atoms with van der Waals surface area (Å²) in [5, 5.41) is 7.83. The van der Waals surface area contributed by atoms with Crippen LogP contribution in [-0.2, 0) is 6.54 Å².